The highest BCUT2D eigenvalue weighted by atomic mass is 16.5. The van der Waals surface area contributed by atoms with Crippen LogP contribution in [0.3, 0.4) is 0 Å². The van der Waals surface area contributed by atoms with Crippen molar-refractivity contribution in [2.24, 2.45) is 0 Å². The van der Waals surface area contributed by atoms with Gasteiger partial charge < -0.3 is 9.42 Å². The van der Waals surface area contributed by atoms with Crippen LogP contribution in [0.1, 0.15) is 54.8 Å². The fourth-order valence-electron chi connectivity index (χ4n) is 3.11. The van der Waals surface area contributed by atoms with Gasteiger partial charge in [0.25, 0.3) is 5.91 Å². The zero-order valence-corrected chi connectivity index (χ0v) is 15.0. The Labute approximate surface area is 148 Å². The predicted octanol–water partition coefficient (Wildman–Crippen LogP) is 2.93. The van der Waals surface area contributed by atoms with Gasteiger partial charge in [0.15, 0.2) is 5.82 Å². The van der Waals surface area contributed by atoms with Gasteiger partial charge in [-0.25, -0.2) is 0 Å². The van der Waals surface area contributed by atoms with Crippen LogP contribution in [0.2, 0.25) is 0 Å². The molecule has 134 valence electrons. The third kappa shape index (κ3) is 4.25. The Morgan fingerprint density at radius 1 is 1.20 bits per heavy atom. The smallest absolute Gasteiger partial charge is 0.253 e. The standard InChI is InChI=1S/C19H26N4O2/c1-3-4-10-17-20-18(25-21-17)15(2)22-11-13-23(14-12-22)19(24)16-8-6-5-7-9-16/h5-9,15H,3-4,10-14H2,1-2H3. The van der Waals surface area contributed by atoms with Crippen molar-refractivity contribution in [1.29, 1.82) is 0 Å². The van der Waals surface area contributed by atoms with E-state index in [2.05, 4.69) is 28.9 Å². The predicted molar refractivity (Wildman–Crippen MR) is 95.2 cm³/mol. The number of aryl methyl sites for hydroxylation is 1. The molecule has 1 aromatic heterocycles. The van der Waals surface area contributed by atoms with Crippen LogP contribution in [0.15, 0.2) is 34.9 Å². The van der Waals surface area contributed by atoms with Crippen molar-refractivity contribution in [2.75, 3.05) is 26.2 Å². The van der Waals surface area contributed by atoms with E-state index in [1.165, 1.54) is 0 Å². The summed E-state index contributed by atoms with van der Waals surface area (Å²) in [6.07, 6.45) is 3.07. The Hall–Kier alpha value is -2.21. The average Bonchev–Trinajstić information content (AvgIpc) is 3.15. The lowest BCUT2D eigenvalue weighted by Gasteiger charge is -2.36. The molecule has 1 atom stereocenters. The highest BCUT2D eigenvalue weighted by molar-refractivity contribution is 5.94. The normalized spacial score (nSPS) is 16.8. The molecular formula is C19H26N4O2. The summed E-state index contributed by atoms with van der Waals surface area (Å²) in [7, 11) is 0. The number of aromatic nitrogens is 2. The molecule has 2 heterocycles. The number of rotatable bonds is 6. The Kier molecular flexibility index (Phi) is 5.81. The molecule has 3 rings (SSSR count). The van der Waals surface area contributed by atoms with Crippen molar-refractivity contribution in [2.45, 2.75) is 39.2 Å². The average molecular weight is 342 g/mol. The van der Waals surface area contributed by atoms with E-state index >= 15 is 0 Å². The van der Waals surface area contributed by atoms with E-state index in [-0.39, 0.29) is 11.9 Å². The second kappa shape index (κ2) is 8.25. The van der Waals surface area contributed by atoms with Crippen LogP contribution in [0.25, 0.3) is 0 Å². The van der Waals surface area contributed by atoms with E-state index in [0.29, 0.717) is 5.89 Å². The van der Waals surface area contributed by atoms with E-state index in [4.69, 9.17) is 4.52 Å². The molecule has 0 spiro atoms. The van der Waals surface area contributed by atoms with E-state index in [9.17, 15) is 4.79 Å². The summed E-state index contributed by atoms with van der Waals surface area (Å²) in [4.78, 5) is 21.3. The summed E-state index contributed by atoms with van der Waals surface area (Å²) in [6, 6.07) is 9.54. The molecule has 1 unspecified atom stereocenters. The van der Waals surface area contributed by atoms with Gasteiger partial charge in [0, 0.05) is 38.2 Å². The number of carbonyl (C=O) groups is 1. The number of piperazine rings is 1. The monoisotopic (exact) mass is 342 g/mol. The first-order valence-electron chi connectivity index (χ1n) is 9.10. The molecule has 1 fully saturated rings. The quantitative estimate of drug-likeness (QED) is 0.808. The summed E-state index contributed by atoms with van der Waals surface area (Å²) in [6.45, 7) is 7.30. The van der Waals surface area contributed by atoms with Crippen LogP contribution in [-0.2, 0) is 6.42 Å². The molecule has 1 aromatic carbocycles. The van der Waals surface area contributed by atoms with Crippen molar-refractivity contribution in [3.63, 3.8) is 0 Å². The molecule has 1 saturated heterocycles. The van der Waals surface area contributed by atoms with Gasteiger partial charge in [-0.2, -0.15) is 4.98 Å². The van der Waals surface area contributed by atoms with Crippen molar-refractivity contribution in [3.05, 3.63) is 47.6 Å². The fourth-order valence-corrected chi connectivity index (χ4v) is 3.11. The maximum Gasteiger partial charge on any atom is 0.253 e. The van der Waals surface area contributed by atoms with Gasteiger partial charge in [-0.1, -0.05) is 36.7 Å². The van der Waals surface area contributed by atoms with Crippen LogP contribution < -0.4 is 0 Å². The van der Waals surface area contributed by atoms with E-state index in [1.54, 1.807) is 0 Å². The van der Waals surface area contributed by atoms with Crippen LogP contribution in [0.5, 0.6) is 0 Å². The van der Waals surface area contributed by atoms with Crippen LogP contribution in [-0.4, -0.2) is 52.0 Å². The molecule has 1 amide bonds. The minimum atomic E-state index is 0.0804. The van der Waals surface area contributed by atoms with Crippen LogP contribution in [0.4, 0.5) is 0 Å². The first kappa shape index (κ1) is 17.6. The summed E-state index contributed by atoms with van der Waals surface area (Å²) >= 11 is 0. The summed E-state index contributed by atoms with van der Waals surface area (Å²) in [5.74, 6) is 1.57. The minimum Gasteiger partial charge on any atom is -0.338 e. The van der Waals surface area contributed by atoms with E-state index in [1.807, 2.05) is 35.2 Å². The molecule has 0 N–H and O–H groups in total. The van der Waals surface area contributed by atoms with E-state index < -0.39 is 0 Å². The van der Waals surface area contributed by atoms with Gasteiger partial charge in [0.1, 0.15) is 0 Å². The largest absolute Gasteiger partial charge is 0.338 e. The number of amides is 1. The number of hydrogen-bond acceptors (Lipinski definition) is 5. The molecule has 1 aliphatic rings. The summed E-state index contributed by atoms with van der Waals surface area (Å²) in [5.41, 5.74) is 0.751. The lowest BCUT2D eigenvalue weighted by Crippen LogP contribution is -2.49. The number of benzene rings is 1. The molecule has 0 radical (unpaired) electrons. The first-order valence-corrected chi connectivity index (χ1v) is 9.10. The molecular weight excluding hydrogens is 316 g/mol. The topological polar surface area (TPSA) is 62.5 Å². The number of nitrogens with zero attached hydrogens (tertiary/aromatic N) is 4. The van der Waals surface area contributed by atoms with Crippen LogP contribution in [0, 0.1) is 0 Å². The zero-order chi connectivity index (χ0) is 17.6. The third-order valence-corrected chi connectivity index (χ3v) is 4.77. The maximum absolute atomic E-state index is 12.5. The fraction of sp³-hybridized carbons (Fsp3) is 0.526. The Morgan fingerprint density at radius 3 is 2.60 bits per heavy atom. The number of unbranched alkanes of at least 4 members (excludes halogenated alkanes) is 1. The Balaban J connectivity index is 1.54. The third-order valence-electron chi connectivity index (χ3n) is 4.77. The number of carbonyl (C=O) groups excluding carboxylic acids is 1. The van der Waals surface area contributed by atoms with Crippen molar-refractivity contribution < 1.29 is 9.32 Å². The van der Waals surface area contributed by atoms with E-state index in [0.717, 1.165) is 56.8 Å². The second-order valence-electron chi connectivity index (χ2n) is 6.52. The zero-order valence-electron chi connectivity index (χ0n) is 15.0. The molecule has 2 aromatic rings. The highest BCUT2D eigenvalue weighted by Gasteiger charge is 2.27. The summed E-state index contributed by atoms with van der Waals surface area (Å²) < 4.78 is 5.44. The Bertz CT molecular complexity index is 678. The Morgan fingerprint density at radius 2 is 1.92 bits per heavy atom. The molecule has 6 heteroatoms. The molecule has 0 saturated carbocycles. The van der Waals surface area contributed by atoms with Gasteiger partial charge in [0.05, 0.1) is 6.04 Å². The SMILES string of the molecule is CCCCc1noc(C(C)N2CCN(C(=O)c3ccccc3)CC2)n1. The number of hydrogen-bond donors (Lipinski definition) is 0. The lowest BCUT2D eigenvalue weighted by molar-refractivity contribution is 0.0551. The van der Waals surface area contributed by atoms with Gasteiger partial charge >= 0.3 is 0 Å². The first-order chi connectivity index (χ1) is 12.2. The van der Waals surface area contributed by atoms with Crippen molar-refractivity contribution in [3.8, 4) is 0 Å². The second-order valence-corrected chi connectivity index (χ2v) is 6.52. The molecule has 1 aliphatic heterocycles. The van der Waals surface area contributed by atoms with Crippen molar-refractivity contribution in [1.82, 2.24) is 19.9 Å². The van der Waals surface area contributed by atoms with Gasteiger partial charge in [-0.05, 0) is 25.5 Å². The summed E-state index contributed by atoms with van der Waals surface area (Å²) in [5, 5.41) is 4.08. The molecule has 0 bridgehead atoms. The highest BCUT2D eigenvalue weighted by Crippen LogP contribution is 2.21. The van der Waals surface area contributed by atoms with Gasteiger partial charge in [0.2, 0.25) is 5.89 Å². The lowest BCUT2D eigenvalue weighted by atomic mass is 10.1. The van der Waals surface area contributed by atoms with Gasteiger partial charge in [-0.3, -0.25) is 9.69 Å². The van der Waals surface area contributed by atoms with Crippen LogP contribution >= 0.6 is 0 Å². The molecule has 25 heavy (non-hydrogen) atoms. The molecule has 6 nitrogen and oxygen atoms in total. The molecule has 0 aliphatic carbocycles. The maximum atomic E-state index is 12.5. The van der Waals surface area contributed by atoms with Crippen molar-refractivity contribution >= 4 is 5.91 Å². The minimum absolute atomic E-state index is 0.0804. The van der Waals surface area contributed by atoms with Gasteiger partial charge in [-0.15, -0.1) is 0 Å².